The summed E-state index contributed by atoms with van der Waals surface area (Å²) in [5.41, 5.74) is 34.0. The van der Waals surface area contributed by atoms with E-state index in [1.807, 2.05) is 0 Å². The summed E-state index contributed by atoms with van der Waals surface area (Å²) in [7, 11) is -0.536. The molecule has 0 aromatic carbocycles. The van der Waals surface area contributed by atoms with Gasteiger partial charge in [-0.15, -0.1) is 7.92 Å². The molecule has 3 aromatic rings. The van der Waals surface area contributed by atoms with Crippen molar-refractivity contribution in [2.24, 2.45) is 0 Å². The van der Waals surface area contributed by atoms with Crippen LogP contribution in [0.4, 0.5) is 35.7 Å². The Bertz CT molecular complexity index is 852. The molecule has 12 N–H and O–H groups in total. The second kappa shape index (κ2) is 9.84. The van der Waals surface area contributed by atoms with Crippen molar-refractivity contribution in [3.05, 3.63) is 17.5 Å². The highest BCUT2D eigenvalue weighted by Crippen LogP contribution is 2.37. The van der Waals surface area contributed by atoms with Crippen LogP contribution in [0, 0.1) is 0 Å². The van der Waals surface area contributed by atoms with E-state index in [-0.39, 0.29) is 35.7 Å². The first kappa shape index (κ1) is 22.0. The summed E-state index contributed by atoms with van der Waals surface area (Å²) in [6.07, 6.45) is 4.20. The van der Waals surface area contributed by atoms with Crippen LogP contribution in [0.15, 0.2) is 0 Å². The van der Waals surface area contributed by atoms with E-state index in [0.717, 1.165) is 18.5 Å². The third-order valence-electron chi connectivity index (χ3n) is 4.10. The average Bonchev–Trinajstić information content (AvgIpc) is 2.65. The van der Waals surface area contributed by atoms with E-state index in [4.69, 9.17) is 34.4 Å². The lowest BCUT2D eigenvalue weighted by Gasteiger charge is -2.17. The summed E-state index contributed by atoms with van der Waals surface area (Å²) in [6.45, 7) is 0. The molecule has 0 aliphatic carbocycles. The van der Waals surface area contributed by atoms with Crippen LogP contribution in [-0.2, 0) is 19.3 Å². The molecule has 0 radical (unpaired) electrons. The monoisotopic (exact) mass is 445 g/mol. The molecule has 0 bridgehead atoms. The predicted octanol–water partition coefficient (Wildman–Crippen LogP) is -1.76. The first-order valence-electron chi connectivity index (χ1n) is 9.27. The number of aromatic nitrogens is 9. The van der Waals surface area contributed by atoms with Gasteiger partial charge in [0.05, 0.1) is 0 Å². The van der Waals surface area contributed by atoms with E-state index in [2.05, 4.69) is 44.9 Å². The van der Waals surface area contributed by atoms with Crippen LogP contribution < -0.4 is 34.4 Å². The lowest BCUT2D eigenvalue weighted by atomic mass is 10.4. The van der Waals surface area contributed by atoms with Crippen LogP contribution in [0.5, 0.6) is 0 Å². The molecule has 0 atom stereocenters. The van der Waals surface area contributed by atoms with Crippen LogP contribution in [0.2, 0.25) is 0 Å². The van der Waals surface area contributed by atoms with Crippen molar-refractivity contribution in [2.75, 3.05) is 52.9 Å². The normalized spacial score (nSPS) is 11.1. The second-order valence-electron chi connectivity index (χ2n) is 6.50. The number of nitrogens with two attached hydrogens (primary N) is 6. The zero-order valence-electron chi connectivity index (χ0n) is 16.7. The van der Waals surface area contributed by atoms with Crippen molar-refractivity contribution in [3.63, 3.8) is 0 Å². The summed E-state index contributed by atoms with van der Waals surface area (Å²) in [5.74, 6) is 2.20. The van der Waals surface area contributed by atoms with Gasteiger partial charge in [-0.25, -0.2) is 0 Å². The molecule has 0 fully saturated rings. The van der Waals surface area contributed by atoms with Crippen molar-refractivity contribution in [3.8, 4) is 0 Å². The minimum atomic E-state index is -0.536. The Morgan fingerprint density at radius 3 is 0.839 bits per heavy atom. The van der Waals surface area contributed by atoms with Gasteiger partial charge in [-0.05, 0) is 18.5 Å². The Labute approximate surface area is 178 Å². The molecule has 15 nitrogen and oxygen atoms in total. The minimum Gasteiger partial charge on any atom is -0.368 e. The number of hydrogen-bond acceptors (Lipinski definition) is 15. The van der Waals surface area contributed by atoms with Crippen LogP contribution in [0.1, 0.15) is 17.5 Å². The summed E-state index contributed by atoms with van der Waals surface area (Å²) < 4.78 is 0. The van der Waals surface area contributed by atoms with Gasteiger partial charge in [0.1, 0.15) is 17.5 Å². The summed E-state index contributed by atoms with van der Waals surface area (Å²) >= 11 is 0. The predicted molar refractivity (Wildman–Crippen MR) is 119 cm³/mol. The number of nitrogens with zero attached hydrogens (tertiary/aromatic N) is 9. The molecule has 0 unspecified atom stereocenters. The zero-order valence-corrected chi connectivity index (χ0v) is 17.6. The highest BCUT2D eigenvalue weighted by atomic mass is 31.1. The lowest BCUT2D eigenvalue weighted by molar-refractivity contribution is 0.891. The molecule has 3 rings (SSSR count). The Morgan fingerprint density at radius 2 is 0.613 bits per heavy atom. The number of nitrogen functional groups attached to an aromatic ring is 6. The van der Waals surface area contributed by atoms with Gasteiger partial charge in [0, 0.05) is 19.3 Å². The SMILES string of the molecule is Nc1nc(N)nc(CCP(CCc2nc(N)nc(N)n2)CCc2nc(N)nc(N)n2)n1. The van der Waals surface area contributed by atoms with Gasteiger partial charge in [0.25, 0.3) is 0 Å². The summed E-state index contributed by atoms with van der Waals surface area (Å²) in [4.78, 5) is 36.2. The zero-order chi connectivity index (χ0) is 22.4. The van der Waals surface area contributed by atoms with Crippen molar-refractivity contribution in [1.29, 1.82) is 0 Å². The van der Waals surface area contributed by atoms with E-state index < -0.39 is 7.92 Å². The van der Waals surface area contributed by atoms with Crippen LogP contribution in [-0.4, -0.2) is 63.3 Å². The number of rotatable bonds is 9. The van der Waals surface area contributed by atoms with Crippen LogP contribution in [0.25, 0.3) is 0 Å². The average molecular weight is 445 g/mol. The van der Waals surface area contributed by atoms with Crippen LogP contribution in [0.3, 0.4) is 0 Å². The smallest absolute Gasteiger partial charge is 0.225 e. The maximum atomic E-state index is 5.66. The molecule has 0 saturated carbocycles. The fourth-order valence-corrected chi connectivity index (χ4v) is 5.04. The van der Waals surface area contributed by atoms with Gasteiger partial charge in [-0.1, -0.05) is 0 Å². The second-order valence-corrected chi connectivity index (χ2v) is 9.18. The molecule has 0 aliphatic heterocycles. The van der Waals surface area contributed by atoms with Gasteiger partial charge in [-0.2, -0.15) is 44.9 Å². The Kier molecular flexibility index (Phi) is 6.97. The topological polar surface area (TPSA) is 272 Å². The van der Waals surface area contributed by atoms with E-state index in [0.29, 0.717) is 36.7 Å². The molecule has 3 heterocycles. The summed E-state index contributed by atoms with van der Waals surface area (Å²) in [5, 5.41) is 0. The highest BCUT2D eigenvalue weighted by molar-refractivity contribution is 7.57. The fraction of sp³-hybridized carbons (Fsp3) is 0.400. The molecule has 31 heavy (non-hydrogen) atoms. The van der Waals surface area contributed by atoms with Gasteiger partial charge in [0.15, 0.2) is 0 Å². The summed E-state index contributed by atoms with van der Waals surface area (Å²) in [6, 6.07) is 0. The molecule has 0 amide bonds. The van der Waals surface area contributed by atoms with Crippen molar-refractivity contribution >= 4 is 43.6 Å². The van der Waals surface area contributed by atoms with Gasteiger partial charge in [0.2, 0.25) is 35.7 Å². The first-order chi connectivity index (χ1) is 14.8. The standard InChI is InChI=1S/C15H24N15P/c16-10-22-7(23-11(17)28-10)1-4-31(5-2-8-24-12(18)29-13(19)25-8)6-3-9-26-14(20)30-15(21)27-9/h1-6H2,(H4,16,17,22,23,28)(H4,18,19,24,25,29)(H4,20,21,26,27,30). The molecule has 0 aliphatic rings. The largest absolute Gasteiger partial charge is 0.368 e. The first-order valence-corrected chi connectivity index (χ1v) is 11.2. The van der Waals surface area contributed by atoms with Crippen LogP contribution >= 0.6 is 7.92 Å². The number of anilines is 6. The van der Waals surface area contributed by atoms with E-state index >= 15 is 0 Å². The highest BCUT2D eigenvalue weighted by Gasteiger charge is 2.14. The Morgan fingerprint density at radius 1 is 0.387 bits per heavy atom. The van der Waals surface area contributed by atoms with Gasteiger partial charge in [-0.3, -0.25) is 0 Å². The molecule has 3 aromatic heterocycles. The molecular weight excluding hydrogens is 421 g/mol. The van der Waals surface area contributed by atoms with Gasteiger partial charge < -0.3 is 34.4 Å². The van der Waals surface area contributed by atoms with E-state index in [1.54, 1.807) is 0 Å². The Balaban J connectivity index is 1.68. The minimum absolute atomic E-state index is 0.0964. The van der Waals surface area contributed by atoms with Crippen molar-refractivity contribution in [1.82, 2.24) is 44.9 Å². The molecule has 0 saturated heterocycles. The maximum Gasteiger partial charge on any atom is 0.225 e. The number of hydrogen-bond donors (Lipinski definition) is 6. The van der Waals surface area contributed by atoms with Crippen molar-refractivity contribution in [2.45, 2.75) is 19.3 Å². The molecule has 16 heteroatoms. The Hall–Kier alpha value is -3.74. The van der Waals surface area contributed by atoms with E-state index in [1.165, 1.54) is 0 Å². The van der Waals surface area contributed by atoms with Crippen molar-refractivity contribution < 1.29 is 0 Å². The lowest BCUT2D eigenvalue weighted by Crippen LogP contribution is -2.12. The van der Waals surface area contributed by atoms with Gasteiger partial charge >= 0.3 is 0 Å². The molecular formula is C15H24N15P. The quantitative estimate of drug-likeness (QED) is 0.199. The van der Waals surface area contributed by atoms with E-state index in [9.17, 15) is 0 Å². The maximum absolute atomic E-state index is 5.66. The fourth-order valence-electron chi connectivity index (χ4n) is 2.82. The molecule has 164 valence electrons. The third kappa shape index (κ3) is 6.92. The number of aryl methyl sites for hydroxylation is 3. The molecule has 0 spiro atoms. The third-order valence-corrected chi connectivity index (χ3v) is 6.67.